The summed E-state index contributed by atoms with van der Waals surface area (Å²) in [5.74, 6) is -0.911. The molecular weight excluding hydrogens is 665 g/mol. The summed E-state index contributed by atoms with van der Waals surface area (Å²) < 4.78 is 29.2. The van der Waals surface area contributed by atoms with Crippen LogP contribution in [0.3, 0.4) is 0 Å². The van der Waals surface area contributed by atoms with E-state index in [0.29, 0.717) is 15.6 Å². The molecule has 0 aliphatic heterocycles. The van der Waals surface area contributed by atoms with Crippen LogP contribution < -0.4 is 9.62 Å². The van der Waals surface area contributed by atoms with E-state index in [2.05, 4.69) is 5.32 Å². The van der Waals surface area contributed by atoms with Gasteiger partial charge in [-0.15, -0.1) is 0 Å². The molecule has 0 saturated heterocycles. The van der Waals surface area contributed by atoms with E-state index in [1.165, 1.54) is 35.2 Å². The number of anilines is 1. The number of benzene rings is 4. The Kier molecular flexibility index (Phi) is 11.3. The Labute approximate surface area is 285 Å². The number of amides is 2. The lowest BCUT2D eigenvalue weighted by atomic mass is 10.0. The van der Waals surface area contributed by atoms with Gasteiger partial charge in [0.2, 0.25) is 11.8 Å². The average molecular weight is 699 g/mol. The fraction of sp³-hybridized carbons (Fsp3) is 0.257. The van der Waals surface area contributed by atoms with Crippen molar-refractivity contribution in [3.8, 4) is 0 Å². The molecule has 240 valence electrons. The molecule has 1 N–H and O–H groups in total. The van der Waals surface area contributed by atoms with Crippen LogP contribution in [-0.2, 0) is 32.6 Å². The average Bonchev–Trinajstić information content (AvgIpc) is 3.56. The summed E-state index contributed by atoms with van der Waals surface area (Å²) >= 11 is 19.3. The second-order valence-corrected chi connectivity index (χ2v) is 14.3. The molecule has 11 heteroatoms. The van der Waals surface area contributed by atoms with E-state index < -0.39 is 28.5 Å². The zero-order valence-corrected chi connectivity index (χ0v) is 28.1. The number of rotatable bonds is 12. The predicted octanol–water partition coefficient (Wildman–Crippen LogP) is 7.54. The number of nitrogens with zero attached hydrogens (tertiary/aromatic N) is 2. The van der Waals surface area contributed by atoms with E-state index >= 15 is 0 Å². The standard InChI is InChI=1S/C35H34Cl3N3O4S/c36-27-19-20-32(31(38)22-27)41(46(44,45)29-16-5-2-6-17-29)24-34(42)40(23-26-13-7-10-18-30(26)37)33(21-25-11-3-1-4-12-25)35(43)39-28-14-8-9-15-28/h1-7,10-13,16-20,22,28,33H,8-9,14-15,21,23-24H2,(H,39,43)/t33-/m0/s1. The molecule has 1 fully saturated rings. The lowest BCUT2D eigenvalue weighted by Crippen LogP contribution is -2.54. The normalized spacial score (nSPS) is 14.1. The van der Waals surface area contributed by atoms with Crippen LogP contribution in [0.1, 0.15) is 36.8 Å². The highest BCUT2D eigenvalue weighted by Crippen LogP contribution is 2.33. The van der Waals surface area contributed by atoms with Crippen molar-refractivity contribution in [1.29, 1.82) is 0 Å². The van der Waals surface area contributed by atoms with Crippen LogP contribution in [-0.4, -0.2) is 43.8 Å². The summed E-state index contributed by atoms with van der Waals surface area (Å²) in [6.07, 6.45) is 3.97. The van der Waals surface area contributed by atoms with Crippen LogP contribution in [0.4, 0.5) is 5.69 Å². The number of hydrogen-bond acceptors (Lipinski definition) is 4. The number of halogens is 3. The maximum Gasteiger partial charge on any atom is 0.264 e. The van der Waals surface area contributed by atoms with Crippen molar-refractivity contribution >= 4 is 62.3 Å². The van der Waals surface area contributed by atoms with Crippen LogP contribution in [0.5, 0.6) is 0 Å². The molecule has 4 aromatic rings. The van der Waals surface area contributed by atoms with Crippen LogP contribution in [0.25, 0.3) is 0 Å². The Morgan fingerprint density at radius 3 is 2.09 bits per heavy atom. The number of sulfonamides is 1. The molecule has 1 saturated carbocycles. The molecule has 1 atom stereocenters. The van der Waals surface area contributed by atoms with Gasteiger partial charge in [0, 0.05) is 29.1 Å². The lowest BCUT2D eigenvalue weighted by molar-refractivity contribution is -0.140. The van der Waals surface area contributed by atoms with Gasteiger partial charge in [0.15, 0.2) is 0 Å². The van der Waals surface area contributed by atoms with Crippen LogP contribution >= 0.6 is 34.8 Å². The van der Waals surface area contributed by atoms with Gasteiger partial charge in [0.25, 0.3) is 10.0 Å². The van der Waals surface area contributed by atoms with Gasteiger partial charge in [0.1, 0.15) is 12.6 Å². The molecule has 0 unspecified atom stereocenters. The van der Waals surface area contributed by atoms with Crippen LogP contribution in [0, 0.1) is 0 Å². The van der Waals surface area contributed by atoms with Gasteiger partial charge in [-0.25, -0.2) is 8.42 Å². The minimum atomic E-state index is -4.29. The van der Waals surface area contributed by atoms with Gasteiger partial charge in [0.05, 0.1) is 15.6 Å². The molecule has 0 heterocycles. The minimum Gasteiger partial charge on any atom is -0.352 e. The third-order valence-corrected chi connectivity index (χ3v) is 10.7. The highest BCUT2D eigenvalue weighted by atomic mass is 35.5. The third-order valence-electron chi connectivity index (χ3n) is 8.06. The highest BCUT2D eigenvalue weighted by Gasteiger charge is 2.36. The Morgan fingerprint density at radius 2 is 1.43 bits per heavy atom. The summed E-state index contributed by atoms with van der Waals surface area (Å²) in [5, 5.41) is 3.94. The van der Waals surface area contributed by atoms with E-state index in [1.54, 1.807) is 42.5 Å². The molecular formula is C35H34Cl3N3O4S. The highest BCUT2D eigenvalue weighted by molar-refractivity contribution is 7.92. The van der Waals surface area contributed by atoms with Gasteiger partial charge in [-0.3, -0.25) is 13.9 Å². The van der Waals surface area contributed by atoms with Crippen molar-refractivity contribution < 1.29 is 18.0 Å². The fourth-order valence-electron chi connectivity index (χ4n) is 5.65. The number of carbonyl (C=O) groups is 2. The predicted molar refractivity (Wildman–Crippen MR) is 184 cm³/mol. The molecule has 4 aromatic carbocycles. The number of hydrogen-bond donors (Lipinski definition) is 1. The van der Waals surface area contributed by atoms with Crippen molar-refractivity contribution in [3.05, 3.63) is 129 Å². The Hall–Kier alpha value is -3.56. The van der Waals surface area contributed by atoms with Gasteiger partial charge in [-0.1, -0.05) is 114 Å². The SMILES string of the molecule is O=C(NC1CCCC1)[C@H](Cc1ccccc1)N(Cc1ccccc1Cl)C(=O)CN(c1ccc(Cl)cc1Cl)S(=O)(=O)c1ccccc1. The second-order valence-electron chi connectivity index (χ2n) is 11.2. The summed E-state index contributed by atoms with van der Waals surface area (Å²) in [6, 6.07) is 27.7. The van der Waals surface area contributed by atoms with Crippen molar-refractivity contribution in [2.75, 3.05) is 10.8 Å². The first-order valence-electron chi connectivity index (χ1n) is 15.0. The van der Waals surface area contributed by atoms with Gasteiger partial charge < -0.3 is 10.2 Å². The summed E-state index contributed by atoms with van der Waals surface area (Å²) in [6.45, 7) is -0.660. The van der Waals surface area contributed by atoms with Gasteiger partial charge in [-0.2, -0.15) is 0 Å². The van der Waals surface area contributed by atoms with Crippen molar-refractivity contribution in [2.45, 2.75) is 55.6 Å². The van der Waals surface area contributed by atoms with E-state index in [4.69, 9.17) is 34.8 Å². The van der Waals surface area contributed by atoms with Gasteiger partial charge >= 0.3 is 0 Å². The van der Waals surface area contributed by atoms with E-state index in [1.807, 2.05) is 30.3 Å². The quantitative estimate of drug-likeness (QED) is 0.166. The number of carbonyl (C=O) groups excluding carboxylic acids is 2. The van der Waals surface area contributed by atoms with Crippen LogP contribution in [0.15, 0.2) is 108 Å². The molecule has 46 heavy (non-hydrogen) atoms. The minimum absolute atomic E-state index is 0.00543. The number of nitrogens with one attached hydrogen (secondary N) is 1. The second kappa shape index (κ2) is 15.4. The summed E-state index contributed by atoms with van der Waals surface area (Å²) in [4.78, 5) is 30.1. The summed E-state index contributed by atoms with van der Waals surface area (Å²) in [7, 11) is -4.29. The maximum absolute atomic E-state index is 14.6. The largest absolute Gasteiger partial charge is 0.352 e. The van der Waals surface area contributed by atoms with Crippen molar-refractivity contribution in [1.82, 2.24) is 10.2 Å². The first-order valence-corrected chi connectivity index (χ1v) is 17.6. The molecule has 2 amide bonds. The Bertz CT molecular complexity index is 1770. The third kappa shape index (κ3) is 8.23. The van der Waals surface area contributed by atoms with E-state index in [0.717, 1.165) is 35.6 Å². The van der Waals surface area contributed by atoms with Crippen molar-refractivity contribution in [2.24, 2.45) is 0 Å². The van der Waals surface area contributed by atoms with E-state index in [-0.39, 0.29) is 40.5 Å². The van der Waals surface area contributed by atoms with Crippen molar-refractivity contribution in [3.63, 3.8) is 0 Å². The van der Waals surface area contributed by atoms with Crippen LogP contribution in [0.2, 0.25) is 15.1 Å². The van der Waals surface area contributed by atoms with Gasteiger partial charge in [-0.05, 0) is 60.4 Å². The zero-order chi connectivity index (χ0) is 32.7. The topological polar surface area (TPSA) is 86.8 Å². The molecule has 0 spiro atoms. The monoisotopic (exact) mass is 697 g/mol. The smallest absolute Gasteiger partial charge is 0.264 e. The lowest BCUT2D eigenvalue weighted by Gasteiger charge is -2.34. The maximum atomic E-state index is 14.6. The molecule has 1 aliphatic rings. The molecule has 5 rings (SSSR count). The first kappa shape index (κ1) is 33.8. The first-order chi connectivity index (χ1) is 22.1. The zero-order valence-electron chi connectivity index (χ0n) is 25.0. The molecule has 0 radical (unpaired) electrons. The molecule has 0 bridgehead atoms. The fourth-order valence-corrected chi connectivity index (χ4v) is 7.86. The van der Waals surface area contributed by atoms with E-state index in [9.17, 15) is 18.0 Å². The molecule has 0 aromatic heterocycles. The molecule has 1 aliphatic carbocycles. The molecule has 7 nitrogen and oxygen atoms in total. The summed E-state index contributed by atoms with van der Waals surface area (Å²) in [5.41, 5.74) is 1.54. The Balaban J connectivity index is 1.59. The Morgan fingerprint density at radius 1 is 0.804 bits per heavy atom.